The summed E-state index contributed by atoms with van der Waals surface area (Å²) in [7, 11) is 0. The monoisotopic (exact) mass is 996 g/mol. The first-order chi connectivity index (χ1) is 36.0. The van der Waals surface area contributed by atoms with Gasteiger partial charge < -0.3 is 14.7 Å². The van der Waals surface area contributed by atoms with Crippen LogP contribution in [0, 0.1) is 6.92 Å². The molecule has 3 heterocycles. The zero-order valence-corrected chi connectivity index (χ0v) is 47.9. The summed E-state index contributed by atoms with van der Waals surface area (Å²) in [4.78, 5) is 8.06. The molecular formula is C72H78BN3. The number of anilines is 8. The SMILES string of the molecule is Cc1cc2c3c(c1)N(c1ccc(C(C)(C)C)cc1-c1ccccc1)c1cc(C(C)(C)C)ccc1B3c1ccc(N3c4ccccc4C4(c5ccc(C(C)(C)C)cc5)CCCCC34C)cc1N2c1ccc(C(C)(C)C)cc1. The Labute approximate surface area is 456 Å². The molecule has 0 bridgehead atoms. The summed E-state index contributed by atoms with van der Waals surface area (Å²) in [6.45, 7) is 32.9. The van der Waals surface area contributed by atoms with Crippen molar-refractivity contribution in [3.05, 3.63) is 209 Å². The van der Waals surface area contributed by atoms with E-state index in [0.717, 1.165) is 12.8 Å². The maximum absolute atomic E-state index is 2.79. The maximum atomic E-state index is 2.79. The van der Waals surface area contributed by atoms with Crippen molar-refractivity contribution < 1.29 is 0 Å². The summed E-state index contributed by atoms with van der Waals surface area (Å²) in [5.74, 6) is 0. The Bertz CT molecular complexity index is 3560. The molecule has 0 aromatic heterocycles. The van der Waals surface area contributed by atoms with Crippen LogP contribution >= 0.6 is 0 Å². The fraction of sp³-hybridized carbons (Fsp3) is 0.333. The third-order valence-corrected chi connectivity index (χ3v) is 18.2. The lowest BCUT2D eigenvalue weighted by atomic mass is 9.33. The molecule has 0 radical (unpaired) electrons. The zero-order valence-electron chi connectivity index (χ0n) is 47.9. The van der Waals surface area contributed by atoms with Crippen LogP contribution in [0.15, 0.2) is 170 Å². The molecule has 4 heteroatoms. The number of aryl methyl sites for hydroxylation is 1. The Morgan fingerprint density at radius 2 is 0.934 bits per heavy atom. The van der Waals surface area contributed by atoms with Crippen LogP contribution in [0.25, 0.3) is 11.1 Å². The van der Waals surface area contributed by atoms with Gasteiger partial charge in [-0.25, -0.2) is 0 Å². The van der Waals surface area contributed by atoms with Crippen molar-refractivity contribution >= 4 is 68.6 Å². The van der Waals surface area contributed by atoms with Crippen molar-refractivity contribution in [3.8, 4) is 11.1 Å². The molecule has 1 fully saturated rings. The molecule has 2 unspecified atom stereocenters. The maximum Gasteiger partial charge on any atom is 0.252 e. The van der Waals surface area contributed by atoms with E-state index >= 15 is 0 Å². The minimum atomic E-state index is -0.206. The second kappa shape index (κ2) is 17.4. The highest BCUT2D eigenvalue weighted by Crippen LogP contribution is 2.64. The van der Waals surface area contributed by atoms with Gasteiger partial charge in [-0.15, -0.1) is 0 Å². The highest BCUT2D eigenvalue weighted by atomic mass is 15.3. The second-order valence-corrected chi connectivity index (χ2v) is 27.3. The molecule has 0 N–H and O–H groups in total. The molecule has 0 spiro atoms. The zero-order chi connectivity index (χ0) is 53.5. The highest BCUT2D eigenvalue weighted by Gasteiger charge is 2.61. The number of nitrogens with zero attached hydrogens (tertiary/aromatic N) is 3. The van der Waals surface area contributed by atoms with Crippen molar-refractivity contribution in [1.29, 1.82) is 0 Å². The van der Waals surface area contributed by atoms with Gasteiger partial charge in [0.15, 0.2) is 0 Å². The van der Waals surface area contributed by atoms with Crippen molar-refractivity contribution in [2.75, 3.05) is 14.7 Å². The fourth-order valence-electron chi connectivity index (χ4n) is 14.1. The summed E-state index contributed by atoms with van der Waals surface area (Å²) in [5, 5.41) is 0. The molecule has 3 nitrogen and oxygen atoms in total. The Kier molecular flexibility index (Phi) is 11.4. The van der Waals surface area contributed by atoms with E-state index in [0.29, 0.717) is 0 Å². The first-order valence-corrected chi connectivity index (χ1v) is 28.3. The summed E-state index contributed by atoms with van der Waals surface area (Å²) >= 11 is 0. The van der Waals surface area contributed by atoms with Crippen molar-refractivity contribution in [1.82, 2.24) is 0 Å². The van der Waals surface area contributed by atoms with Crippen molar-refractivity contribution in [3.63, 3.8) is 0 Å². The van der Waals surface area contributed by atoms with Crippen LogP contribution in [0.3, 0.4) is 0 Å². The van der Waals surface area contributed by atoms with Crippen LogP contribution in [0.2, 0.25) is 0 Å². The predicted molar refractivity (Wildman–Crippen MR) is 328 cm³/mol. The van der Waals surface area contributed by atoms with E-state index in [-0.39, 0.29) is 39.3 Å². The molecule has 8 aromatic rings. The number of hydrogen-bond acceptors (Lipinski definition) is 3. The van der Waals surface area contributed by atoms with Gasteiger partial charge in [-0.3, -0.25) is 0 Å². The molecule has 12 rings (SSSR count). The van der Waals surface area contributed by atoms with E-state index in [9.17, 15) is 0 Å². The van der Waals surface area contributed by atoms with Crippen LogP contribution in [0.5, 0.6) is 0 Å². The average Bonchev–Trinajstić information content (AvgIpc) is 3.76. The standard InChI is InChI=1S/C72H78BN3/c1-47-42-64-66-65(43-47)75(60-39-33-52(69(8,9)10)44-56(60)48-22-16-15-17-23-48)62-45-53(70(11,12)13)32-37-58(62)73(66)59-38-36-55(46-63(59)74(64)54-34-30-50(31-35-54)68(5,6)7)76-61-25-19-18-24-57(61)72(41-21-20-40-71(72,76)14)51-28-26-49(27-29-51)67(2,3)4/h15-19,22-39,42-46H,20-21,40-41H2,1-14H3. The summed E-state index contributed by atoms with van der Waals surface area (Å²) in [6, 6.07) is 67.0. The van der Waals surface area contributed by atoms with E-state index in [1.54, 1.807) is 0 Å². The quantitative estimate of drug-likeness (QED) is 0.159. The molecule has 8 aromatic carbocycles. The first kappa shape index (κ1) is 50.1. The van der Waals surface area contributed by atoms with Crippen LogP contribution in [-0.2, 0) is 27.1 Å². The Hall–Kier alpha value is -6.78. The van der Waals surface area contributed by atoms with Gasteiger partial charge in [0, 0.05) is 50.8 Å². The Morgan fingerprint density at radius 1 is 0.421 bits per heavy atom. The molecule has 0 amide bonds. The normalized spacial score (nSPS) is 19.0. The van der Waals surface area contributed by atoms with Gasteiger partial charge in [-0.05, 0) is 170 Å². The van der Waals surface area contributed by atoms with Crippen molar-refractivity contribution in [2.24, 2.45) is 0 Å². The number of fused-ring (bicyclic) bond motifs is 7. The third kappa shape index (κ3) is 7.74. The van der Waals surface area contributed by atoms with E-state index in [4.69, 9.17) is 0 Å². The molecule has 0 saturated heterocycles. The predicted octanol–water partition coefficient (Wildman–Crippen LogP) is 17.7. The minimum Gasteiger partial charge on any atom is -0.334 e. The number of para-hydroxylation sites is 1. The highest BCUT2D eigenvalue weighted by molar-refractivity contribution is 7.00. The molecular weight excluding hydrogens is 918 g/mol. The minimum absolute atomic E-state index is 0.00871. The Morgan fingerprint density at radius 3 is 1.58 bits per heavy atom. The van der Waals surface area contributed by atoms with E-state index in [2.05, 4.69) is 281 Å². The first-order valence-electron chi connectivity index (χ1n) is 28.3. The molecule has 2 atom stereocenters. The lowest BCUT2D eigenvalue weighted by Gasteiger charge is -2.52. The van der Waals surface area contributed by atoms with Gasteiger partial charge in [-0.1, -0.05) is 205 Å². The Balaban J connectivity index is 1.12. The molecule has 4 aliphatic rings. The van der Waals surface area contributed by atoms with Crippen LogP contribution in [0.1, 0.15) is 155 Å². The number of rotatable bonds is 5. The van der Waals surface area contributed by atoms with Gasteiger partial charge in [0.2, 0.25) is 0 Å². The average molecular weight is 996 g/mol. The molecule has 76 heavy (non-hydrogen) atoms. The fourth-order valence-corrected chi connectivity index (χ4v) is 14.1. The topological polar surface area (TPSA) is 9.72 Å². The smallest absolute Gasteiger partial charge is 0.252 e. The van der Waals surface area contributed by atoms with Crippen LogP contribution in [0.4, 0.5) is 45.5 Å². The van der Waals surface area contributed by atoms with E-state index in [1.165, 1.54) is 125 Å². The molecule has 384 valence electrons. The third-order valence-electron chi connectivity index (χ3n) is 18.2. The number of benzene rings is 8. The van der Waals surface area contributed by atoms with Crippen LogP contribution in [-0.4, -0.2) is 12.3 Å². The van der Waals surface area contributed by atoms with E-state index < -0.39 is 0 Å². The molecule has 3 aliphatic heterocycles. The number of hydrogen-bond donors (Lipinski definition) is 0. The molecule has 1 aliphatic carbocycles. The van der Waals surface area contributed by atoms with Gasteiger partial charge in [-0.2, -0.15) is 0 Å². The second-order valence-electron chi connectivity index (χ2n) is 27.3. The van der Waals surface area contributed by atoms with Gasteiger partial charge in [0.25, 0.3) is 6.71 Å². The van der Waals surface area contributed by atoms with Gasteiger partial charge in [0.05, 0.1) is 11.2 Å². The molecule has 1 saturated carbocycles. The van der Waals surface area contributed by atoms with Gasteiger partial charge >= 0.3 is 0 Å². The summed E-state index contributed by atoms with van der Waals surface area (Å²) in [6.07, 6.45) is 4.64. The van der Waals surface area contributed by atoms with Gasteiger partial charge in [0.1, 0.15) is 0 Å². The largest absolute Gasteiger partial charge is 0.334 e. The summed E-state index contributed by atoms with van der Waals surface area (Å²) < 4.78 is 0. The lowest BCUT2D eigenvalue weighted by molar-refractivity contribution is 0.215. The summed E-state index contributed by atoms with van der Waals surface area (Å²) in [5.41, 5.74) is 25.6. The van der Waals surface area contributed by atoms with Crippen molar-refractivity contribution in [2.45, 2.75) is 155 Å². The van der Waals surface area contributed by atoms with E-state index in [1.807, 2.05) is 0 Å². The lowest BCUT2D eigenvalue weighted by Crippen LogP contribution is -2.61. The van der Waals surface area contributed by atoms with Crippen LogP contribution < -0.4 is 31.1 Å².